The molecule has 1 aliphatic rings. The van der Waals surface area contributed by atoms with E-state index in [4.69, 9.17) is 4.74 Å². The Hall–Kier alpha value is -1.14. The first-order valence-electron chi connectivity index (χ1n) is 7.07. The Bertz CT molecular complexity index is 469. The van der Waals surface area contributed by atoms with Crippen molar-refractivity contribution in [2.75, 3.05) is 13.7 Å². The van der Waals surface area contributed by atoms with Gasteiger partial charge in [-0.3, -0.25) is 0 Å². The molecule has 0 spiro atoms. The highest BCUT2D eigenvalue weighted by Crippen LogP contribution is 2.33. The topological polar surface area (TPSA) is 21.3 Å². The van der Waals surface area contributed by atoms with Crippen molar-refractivity contribution in [2.24, 2.45) is 0 Å². The van der Waals surface area contributed by atoms with Crippen LogP contribution in [0.1, 0.15) is 42.9 Å². The number of hydrogen-bond donors (Lipinski definition) is 1. The molecule has 2 atom stereocenters. The van der Waals surface area contributed by atoms with Gasteiger partial charge in [-0.15, -0.1) is 0 Å². The maximum absolute atomic E-state index is 13.9. The lowest BCUT2D eigenvalue weighted by atomic mass is 9.97. The van der Waals surface area contributed by atoms with Crippen LogP contribution >= 0.6 is 0 Å². The van der Waals surface area contributed by atoms with E-state index in [1.54, 1.807) is 7.05 Å². The molecule has 0 radical (unpaired) electrons. The fourth-order valence-electron chi connectivity index (χ4n) is 2.67. The second-order valence-electron chi connectivity index (χ2n) is 5.29. The second kappa shape index (κ2) is 6.75. The molecule has 1 saturated heterocycles. The van der Waals surface area contributed by atoms with E-state index in [9.17, 15) is 17.6 Å². The van der Waals surface area contributed by atoms with Crippen LogP contribution in [0.15, 0.2) is 18.2 Å². The van der Waals surface area contributed by atoms with Crippen LogP contribution in [0.25, 0.3) is 0 Å². The van der Waals surface area contributed by atoms with Crippen LogP contribution in [0, 0.1) is 5.82 Å². The number of alkyl halides is 3. The van der Waals surface area contributed by atoms with Crippen LogP contribution in [-0.2, 0) is 10.9 Å². The molecule has 2 nitrogen and oxygen atoms in total. The quantitative estimate of drug-likeness (QED) is 0.828. The Kier molecular flexibility index (Phi) is 5.22. The lowest BCUT2D eigenvalue weighted by molar-refractivity contribution is -0.137. The van der Waals surface area contributed by atoms with Gasteiger partial charge in [0.25, 0.3) is 0 Å². The van der Waals surface area contributed by atoms with Crippen LogP contribution in [0.2, 0.25) is 0 Å². The largest absolute Gasteiger partial charge is 0.416 e. The Morgan fingerprint density at radius 3 is 2.71 bits per heavy atom. The van der Waals surface area contributed by atoms with Crippen molar-refractivity contribution in [1.29, 1.82) is 0 Å². The molecular weight excluding hydrogens is 286 g/mol. The summed E-state index contributed by atoms with van der Waals surface area (Å²) in [4.78, 5) is 0. The van der Waals surface area contributed by atoms with Gasteiger partial charge in [0.1, 0.15) is 5.82 Å². The van der Waals surface area contributed by atoms with E-state index in [0.717, 1.165) is 37.6 Å². The molecule has 0 aromatic heterocycles. The molecule has 0 amide bonds. The molecule has 2 rings (SSSR count). The van der Waals surface area contributed by atoms with Gasteiger partial charge in [-0.1, -0.05) is 0 Å². The van der Waals surface area contributed by atoms with Gasteiger partial charge in [0.15, 0.2) is 0 Å². The van der Waals surface area contributed by atoms with Crippen molar-refractivity contribution in [3.63, 3.8) is 0 Å². The summed E-state index contributed by atoms with van der Waals surface area (Å²) < 4.78 is 57.6. The predicted octanol–water partition coefficient (Wildman–Crippen LogP) is 4.06. The average molecular weight is 305 g/mol. The minimum absolute atomic E-state index is 0.0605. The molecule has 21 heavy (non-hydrogen) atoms. The third-order valence-corrected chi connectivity index (χ3v) is 3.85. The van der Waals surface area contributed by atoms with Crippen LogP contribution in [0.3, 0.4) is 0 Å². The van der Waals surface area contributed by atoms with Crippen molar-refractivity contribution < 1.29 is 22.3 Å². The zero-order valence-corrected chi connectivity index (χ0v) is 11.8. The lowest BCUT2D eigenvalue weighted by Gasteiger charge is -2.20. The zero-order valence-electron chi connectivity index (χ0n) is 11.8. The third kappa shape index (κ3) is 4.17. The number of nitrogens with one attached hydrogen (secondary N) is 1. The minimum atomic E-state index is -4.46. The van der Waals surface area contributed by atoms with E-state index < -0.39 is 23.6 Å². The molecular formula is C15H19F4NO. The molecule has 1 aromatic rings. The average Bonchev–Trinajstić information content (AvgIpc) is 2.93. The number of hydrogen-bond acceptors (Lipinski definition) is 2. The van der Waals surface area contributed by atoms with Crippen LogP contribution in [-0.4, -0.2) is 19.8 Å². The molecule has 1 heterocycles. The monoisotopic (exact) mass is 305 g/mol. The van der Waals surface area contributed by atoms with Gasteiger partial charge < -0.3 is 10.1 Å². The summed E-state index contributed by atoms with van der Waals surface area (Å²) in [7, 11) is 1.62. The number of rotatable bonds is 5. The zero-order chi connectivity index (χ0) is 15.5. The summed E-state index contributed by atoms with van der Waals surface area (Å²) in [5, 5.41) is 2.90. The molecule has 0 saturated carbocycles. The summed E-state index contributed by atoms with van der Waals surface area (Å²) in [5.74, 6) is -0.616. The van der Waals surface area contributed by atoms with Gasteiger partial charge in [0.2, 0.25) is 0 Å². The lowest BCUT2D eigenvalue weighted by Crippen LogP contribution is -2.20. The van der Waals surface area contributed by atoms with Crippen molar-refractivity contribution >= 4 is 0 Å². The smallest absolute Gasteiger partial charge is 0.378 e. The van der Waals surface area contributed by atoms with Crippen LogP contribution in [0.4, 0.5) is 17.6 Å². The van der Waals surface area contributed by atoms with E-state index in [0.29, 0.717) is 12.8 Å². The molecule has 0 aliphatic carbocycles. The molecule has 6 heteroatoms. The van der Waals surface area contributed by atoms with Crippen molar-refractivity contribution in [3.05, 3.63) is 35.1 Å². The fraction of sp³-hybridized carbons (Fsp3) is 0.600. The summed E-state index contributed by atoms with van der Waals surface area (Å²) in [6, 6.07) is 2.10. The fourth-order valence-corrected chi connectivity index (χ4v) is 2.67. The minimum Gasteiger partial charge on any atom is -0.378 e. The standard InChI is InChI=1S/C15H19F4NO/c1-20-14(7-5-11-3-2-8-21-11)12-9-10(15(17,18)19)4-6-13(12)16/h4,6,9,11,14,20H,2-3,5,7-8H2,1H3. The summed E-state index contributed by atoms with van der Waals surface area (Å²) in [5.41, 5.74) is -0.762. The van der Waals surface area contributed by atoms with Crippen molar-refractivity contribution in [2.45, 2.75) is 44.0 Å². The van der Waals surface area contributed by atoms with Crippen LogP contribution in [0.5, 0.6) is 0 Å². The Balaban J connectivity index is 2.12. The highest BCUT2D eigenvalue weighted by Gasteiger charge is 2.32. The van der Waals surface area contributed by atoms with Gasteiger partial charge in [-0.2, -0.15) is 13.2 Å². The van der Waals surface area contributed by atoms with E-state index >= 15 is 0 Å². The Morgan fingerprint density at radius 1 is 1.38 bits per heavy atom. The highest BCUT2D eigenvalue weighted by molar-refractivity contribution is 5.29. The first kappa shape index (κ1) is 16.2. The first-order chi connectivity index (χ1) is 9.91. The van der Waals surface area contributed by atoms with Gasteiger partial charge in [0.05, 0.1) is 11.7 Å². The van der Waals surface area contributed by atoms with Gasteiger partial charge in [0, 0.05) is 18.2 Å². The van der Waals surface area contributed by atoms with Crippen molar-refractivity contribution in [3.8, 4) is 0 Å². The summed E-state index contributed by atoms with van der Waals surface area (Å²) >= 11 is 0. The van der Waals surface area contributed by atoms with E-state index in [-0.39, 0.29) is 11.7 Å². The Labute approximate surface area is 121 Å². The van der Waals surface area contributed by atoms with E-state index in [1.165, 1.54) is 0 Å². The summed E-state index contributed by atoms with van der Waals surface area (Å²) in [6.07, 6.45) is -1.11. The predicted molar refractivity (Wildman–Crippen MR) is 71.4 cm³/mol. The van der Waals surface area contributed by atoms with Gasteiger partial charge in [-0.05, 0) is 50.9 Å². The van der Waals surface area contributed by atoms with Crippen LogP contribution < -0.4 is 5.32 Å². The van der Waals surface area contributed by atoms with Crippen molar-refractivity contribution in [1.82, 2.24) is 5.32 Å². The molecule has 1 aromatic carbocycles. The van der Waals surface area contributed by atoms with E-state index in [1.807, 2.05) is 0 Å². The van der Waals surface area contributed by atoms with E-state index in [2.05, 4.69) is 5.32 Å². The third-order valence-electron chi connectivity index (χ3n) is 3.85. The maximum Gasteiger partial charge on any atom is 0.416 e. The molecule has 1 N–H and O–H groups in total. The molecule has 118 valence electrons. The second-order valence-corrected chi connectivity index (χ2v) is 5.29. The normalized spacial score (nSPS) is 20.7. The number of benzene rings is 1. The molecule has 0 bridgehead atoms. The summed E-state index contributed by atoms with van der Waals surface area (Å²) in [6.45, 7) is 0.729. The number of ether oxygens (including phenoxy) is 1. The SMILES string of the molecule is CNC(CCC1CCCO1)c1cc(C(F)(F)F)ccc1F. The van der Waals surface area contributed by atoms with Gasteiger partial charge in [-0.25, -0.2) is 4.39 Å². The molecule has 2 unspecified atom stereocenters. The number of halogens is 4. The van der Waals surface area contributed by atoms with Gasteiger partial charge >= 0.3 is 6.18 Å². The maximum atomic E-state index is 13.9. The first-order valence-corrected chi connectivity index (χ1v) is 7.07. The highest BCUT2D eigenvalue weighted by atomic mass is 19.4. The Morgan fingerprint density at radius 2 is 2.14 bits per heavy atom. The molecule has 1 fully saturated rings. The molecule has 1 aliphatic heterocycles.